The van der Waals surface area contributed by atoms with Crippen molar-refractivity contribution < 1.29 is 52.1 Å². The van der Waals surface area contributed by atoms with Crippen LogP contribution in [0.5, 0.6) is 0 Å². The molecule has 2 rings (SSSR count). The maximum absolute atomic E-state index is 13.4. The van der Waals surface area contributed by atoms with E-state index in [0.717, 1.165) is 12.3 Å². The van der Waals surface area contributed by atoms with Crippen molar-refractivity contribution in [3.8, 4) is 0 Å². The van der Waals surface area contributed by atoms with E-state index in [-0.39, 0.29) is 0 Å². The quantitative estimate of drug-likeness (QED) is 0.270. The van der Waals surface area contributed by atoms with E-state index in [2.05, 4.69) is 4.52 Å². The number of halogens is 2. The molecule has 1 saturated heterocycles. The summed E-state index contributed by atoms with van der Waals surface area (Å²) in [7, 11) is -12.6. The Bertz CT molecular complexity index is 911. The SMILES string of the molecule is O=c1ccn([C@@H]2O[C@H](COP(=O)(O)C(F)(F)P(=O)(O)O)C(O)[C@@H]2O)c(=O)[nH]1. The molecule has 6 N–H and O–H groups in total. The van der Waals surface area contributed by atoms with Gasteiger partial charge in [-0.15, -0.1) is 0 Å². The number of H-pyrrole nitrogens is 1. The van der Waals surface area contributed by atoms with Gasteiger partial charge in [-0.2, -0.15) is 8.78 Å². The van der Waals surface area contributed by atoms with E-state index in [1.807, 2.05) is 4.98 Å². The highest BCUT2D eigenvalue weighted by Gasteiger charge is 2.65. The van der Waals surface area contributed by atoms with Crippen LogP contribution in [0.25, 0.3) is 0 Å². The van der Waals surface area contributed by atoms with Crippen LogP contribution < -0.4 is 11.2 Å². The van der Waals surface area contributed by atoms with E-state index >= 15 is 0 Å². The summed E-state index contributed by atoms with van der Waals surface area (Å²) in [6.07, 6.45) is -6.15. The number of aliphatic hydroxyl groups is 2. The molecule has 154 valence electrons. The molecular weight excluding hydrogens is 424 g/mol. The molecule has 1 aromatic heterocycles. The lowest BCUT2D eigenvalue weighted by atomic mass is 10.1. The first-order valence-electron chi connectivity index (χ1n) is 6.93. The summed E-state index contributed by atoms with van der Waals surface area (Å²) < 4.78 is 58.5. The summed E-state index contributed by atoms with van der Waals surface area (Å²) in [5, 5.41) is 14.3. The molecule has 1 aromatic rings. The largest absolute Gasteiger partial charge is 0.443 e. The van der Waals surface area contributed by atoms with Crippen molar-refractivity contribution in [3.05, 3.63) is 33.1 Å². The molecule has 17 heteroatoms. The zero-order valence-electron chi connectivity index (χ0n) is 13.0. The van der Waals surface area contributed by atoms with Crippen molar-refractivity contribution >= 4 is 15.2 Å². The standard InChI is InChI=1S/C10H14F2N2O11P2/c11-10(12,26(19,20)21)27(22,23)24-3-4-6(16)7(17)8(25-4)14-2-1-5(15)13-9(14)18/h1-2,4,6-8,16-17H,3H2,(H,22,23)(H,13,15,18)(H2,19,20,21)/t4-,6?,7+,8-/m1/s1. The topological polar surface area (TPSA) is 209 Å². The Morgan fingerprint density at radius 3 is 2.33 bits per heavy atom. The maximum Gasteiger partial charge on any atom is 0.443 e. The van der Waals surface area contributed by atoms with Crippen LogP contribution in [0.1, 0.15) is 6.23 Å². The Balaban J connectivity index is 2.17. The highest BCUT2D eigenvalue weighted by Crippen LogP contribution is 2.73. The van der Waals surface area contributed by atoms with Crippen molar-refractivity contribution in [1.29, 1.82) is 0 Å². The molecule has 1 aliphatic rings. The molecule has 2 unspecified atom stereocenters. The number of nitrogens with zero attached hydrogens (tertiary/aromatic N) is 1. The smallest absolute Gasteiger partial charge is 0.387 e. The second-order valence-electron chi connectivity index (χ2n) is 5.43. The first kappa shape index (κ1) is 22.0. The zero-order valence-corrected chi connectivity index (χ0v) is 14.7. The maximum atomic E-state index is 13.4. The number of ether oxygens (including phenoxy) is 1. The number of rotatable bonds is 6. The van der Waals surface area contributed by atoms with E-state index < -0.39 is 63.0 Å². The number of hydrogen-bond donors (Lipinski definition) is 6. The molecule has 0 amide bonds. The molecular formula is C10H14F2N2O11P2. The van der Waals surface area contributed by atoms with Crippen LogP contribution in [0.15, 0.2) is 21.9 Å². The molecule has 0 aliphatic carbocycles. The first-order chi connectivity index (χ1) is 12.2. The number of hydrogen-bond acceptors (Lipinski definition) is 8. The van der Waals surface area contributed by atoms with Crippen molar-refractivity contribution in [3.63, 3.8) is 0 Å². The third-order valence-corrected chi connectivity index (χ3v) is 6.99. The molecule has 2 heterocycles. The fourth-order valence-corrected chi connectivity index (χ4v) is 4.14. The van der Waals surface area contributed by atoms with Gasteiger partial charge in [0.15, 0.2) is 6.23 Å². The summed E-state index contributed by atoms with van der Waals surface area (Å²) in [6.45, 7) is -1.28. The summed E-state index contributed by atoms with van der Waals surface area (Å²) in [5.74, 6) is 0. The lowest BCUT2D eigenvalue weighted by Crippen LogP contribution is -2.37. The lowest BCUT2D eigenvalue weighted by molar-refractivity contribution is -0.0545. The Kier molecular flexibility index (Phi) is 5.93. The van der Waals surface area contributed by atoms with Gasteiger partial charge >= 0.3 is 26.3 Å². The Morgan fingerprint density at radius 2 is 1.81 bits per heavy atom. The summed E-state index contributed by atoms with van der Waals surface area (Å²) >= 11 is 0. The van der Waals surface area contributed by atoms with E-state index in [4.69, 9.17) is 19.4 Å². The summed E-state index contributed by atoms with van der Waals surface area (Å²) in [5.41, 5.74) is -1.81. The van der Waals surface area contributed by atoms with Crippen LogP contribution in [0, 0.1) is 0 Å². The fraction of sp³-hybridized carbons (Fsp3) is 0.600. The summed E-state index contributed by atoms with van der Waals surface area (Å²) in [6, 6.07) is 0.885. The van der Waals surface area contributed by atoms with Gasteiger partial charge in [0.05, 0.1) is 6.61 Å². The second-order valence-corrected chi connectivity index (χ2v) is 9.30. The minimum Gasteiger partial charge on any atom is -0.387 e. The number of nitrogens with one attached hydrogen (secondary N) is 1. The van der Waals surface area contributed by atoms with Gasteiger partial charge < -0.3 is 34.2 Å². The number of aliphatic hydroxyl groups excluding tert-OH is 2. The molecule has 0 radical (unpaired) electrons. The van der Waals surface area contributed by atoms with E-state index in [1.54, 1.807) is 0 Å². The molecule has 0 bridgehead atoms. The third-order valence-electron chi connectivity index (χ3n) is 3.57. The Morgan fingerprint density at radius 1 is 1.22 bits per heavy atom. The lowest BCUT2D eigenvalue weighted by Gasteiger charge is -2.24. The highest BCUT2D eigenvalue weighted by molar-refractivity contribution is 7.72. The molecule has 1 fully saturated rings. The van der Waals surface area contributed by atoms with Gasteiger partial charge in [0.25, 0.3) is 5.56 Å². The van der Waals surface area contributed by atoms with E-state index in [9.17, 15) is 37.7 Å². The first-order valence-corrected chi connectivity index (χ1v) is 10.1. The van der Waals surface area contributed by atoms with E-state index in [1.165, 1.54) is 0 Å². The summed E-state index contributed by atoms with van der Waals surface area (Å²) in [4.78, 5) is 50.6. The van der Waals surface area contributed by atoms with Crippen molar-refractivity contribution in [2.75, 3.05) is 6.61 Å². The Labute approximate surface area is 147 Å². The van der Waals surface area contributed by atoms with Gasteiger partial charge in [-0.3, -0.25) is 23.5 Å². The molecule has 13 nitrogen and oxygen atoms in total. The van der Waals surface area contributed by atoms with Gasteiger partial charge in [0, 0.05) is 12.3 Å². The van der Waals surface area contributed by atoms with Crippen LogP contribution in [0.3, 0.4) is 0 Å². The normalized spacial score (nSPS) is 28.9. The molecule has 5 atom stereocenters. The zero-order chi connectivity index (χ0) is 20.8. The van der Waals surface area contributed by atoms with Crippen LogP contribution in [-0.4, -0.2) is 64.8 Å². The predicted octanol–water partition coefficient (Wildman–Crippen LogP) is -1.91. The van der Waals surface area contributed by atoms with Gasteiger partial charge in [-0.1, -0.05) is 0 Å². The second kappa shape index (κ2) is 7.28. The van der Waals surface area contributed by atoms with Crippen LogP contribution in [0.4, 0.5) is 8.78 Å². The van der Waals surface area contributed by atoms with Crippen molar-refractivity contribution in [1.82, 2.24) is 9.55 Å². The van der Waals surface area contributed by atoms with Crippen molar-refractivity contribution in [2.45, 2.75) is 29.9 Å². The molecule has 0 aromatic carbocycles. The van der Waals surface area contributed by atoms with Crippen molar-refractivity contribution in [2.24, 2.45) is 0 Å². The highest BCUT2D eigenvalue weighted by atomic mass is 31.2. The van der Waals surface area contributed by atoms with Crippen LogP contribution in [-0.2, 0) is 18.4 Å². The fourth-order valence-electron chi connectivity index (χ4n) is 2.14. The third kappa shape index (κ3) is 4.11. The minimum absolute atomic E-state index is 0.651. The predicted molar refractivity (Wildman–Crippen MR) is 80.0 cm³/mol. The molecule has 27 heavy (non-hydrogen) atoms. The minimum atomic E-state index is -6.35. The van der Waals surface area contributed by atoms with Gasteiger partial charge in [-0.05, 0) is 0 Å². The molecule has 0 spiro atoms. The average Bonchev–Trinajstić information content (AvgIpc) is 2.80. The van der Waals surface area contributed by atoms with Gasteiger partial charge in [-0.25, -0.2) is 4.79 Å². The van der Waals surface area contributed by atoms with E-state index in [0.29, 0.717) is 4.57 Å². The van der Waals surface area contributed by atoms with Gasteiger partial charge in [0.2, 0.25) is 0 Å². The van der Waals surface area contributed by atoms with Crippen LogP contribution in [0.2, 0.25) is 0 Å². The molecule has 1 aliphatic heterocycles. The Hall–Kier alpha value is -1.28. The average molecular weight is 438 g/mol. The van der Waals surface area contributed by atoms with Crippen LogP contribution >= 0.6 is 15.2 Å². The molecule has 0 saturated carbocycles. The monoisotopic (exact) mass is 438 g/mol. The number of aromatic nitrogens is 2. The number of alkyl halides is 2. The number of aromatic amines is 1. The van der Waals surface area contributed by atoms with Gasteiger partial charge in [0.1, 0.15) is 18.3 Å².